The van der Waals surface area contributed by atoms with Gasteiger partial charge in [-0.25, -0.2) is 4.79 Å². The van der Waals surface area contributed by atoms with Crippen LogP contribution >= 0.6 is 0 Å². The number of urea groups is 1. The Balaban J connectivity index is 2.46. The second-order valence-corrected chi connectivity index (χ2v) is 5.14. The van der Waals surface area contributed by atoms with Crippen LogP contribution in [-0.4, -0.2) is 74.2 Å². The molecule has 0 bridgehead atoms. The topological polar surface area (TPSA) is 62.2 Å². The molecule has 0 radical (unpaired) electrons. The molecule has 0 heterocycles. The molecule has 0 aliphatic heterocycles. The van der Waals surface area contributed by atoms with Gasteiger partial charge in [-0.1, -0.05) is 0 Å². The van der Waals surface area contributed by atoms with Crippen LogP contribution in [0.15, 0.2) is 0 Å². The summed E-state index contributed by atoms with van der Waals surface area (Å²) in [5.41, 5.74) is 0. The number of hydrogen-bond donors (Lipinski definition) is 1. The third kappa shape index (κ3) is 4.63. The highest BCUT2D eigenvalue weighted by Gasteiger charge is 2.27. The van der Waals surface area contributed by atoms with Crippen LogP contribution in [0.1, 0.15) is 25.7 Å². The Morgan fingerprint density at radius 3 is 2.21 bits per heavy atom. The summed E-state index contributed by atoms with van der Waals surface area (Å²) in [7, 11) is 6.66. The average molecular weight is 274 g/mol. The number of aliphatic hydroxyl groups excluding tert-OH is 1. The van der Waals surface area contributed by atoms with E-state index in [1.54, 1.807) is 31.1 Å². The Hall–Kier alpha value is -0.850. The second-order valence-electron chi connectivity index (χ2n) is 5.14. The highest BCUT2D eigenvalue weighted by atomic mass is 16.7. The third-order valence-electron chi connectivity index (χ3n) is 3.79. The van der Waals surface area contributed by atoms with Crippen molar-refractivity contribution in [3.63, 3.8) is 0 Å². The van der Waals surface area contributed by atoms with E-state index in [2.05, 4.69) is 0 Å². The van der Waals surface area contributed by atoms with Gasteiger partial charge in [-0.2, -0.15) is 0 Å². The fourth-order valence-corrected chi connectivity index (χ4v) is 2.42. The minimum Gasteiger partial charge on any atom is -0.393 e. The highest BCUT2D eigenvalue weighted by molar-refractivity contribution is 5.74. The van der Waals surface area contributed by atoms with Gasteiger partial charge in [0.05, 0.1) is 12.6 Å². The van der Waals surface area contributed by atoms with Crippen molar-refractivity contribution in [2.45, 2.75) is 44.1 Å². The predicted octanol–water partition coefficient (Wildman–Crippen LogP) is 0.892. The zero-order valence-corrected chi connectivity index (χ0v) is 12.3. The molecule has 1 saturated carbocycles. The van der Waals surface area contributed by atoms with Crippen molar-refractivity contribution in [2.24, 2.45) is 0 Å². The van der Waals surface area contributed by atoms with Crippen LogP contribution in [0.3, 0.4) is 0 Å². The first kappa shape index (κ1) is 16.2. The SMILES string of the molecule is COC(CN(C)C(=O)N(C)C1CCC(O)CC1)OC. The van der Waals surface area contributed by atoms with Gasteiger partial charge in [-0.3, -0.25) is 0 Å². The van der Waals surface area contributed by atoms with E-state index < -0.39 is 6.29 Å². The number of hydrogen-bond acceptors (Lipinski definition) is 4. The summed E-state index contributed by atoms with van der Waals surface area (Å²) in [6.45, 7) is 0.394. The zero-order chi connectivity index (χ0) is 14.4. The largest absolute Gasteiger partial charge is 0.393 e. The van der Waals surface area contributed by atoms with Crippen LogP contribution in [0.2, 0.25) is 0 Å². The van der Waals surface area contributed by atoms with Crippen molar-refractivity contribution in [3.05, 3.63) is 0 Å². The Labute approximate surface area is 115 Å². The number of amides is 2. The van der Waals surface area contributed by atoms with Gasteiger partial charge in [0.2, 0.25) is 0 Å². The molecule has 112 valence electrons. The van der Waals surface area contributed by atoms with Crippen molar-refractivity contribution in [2.75, 3.05) is 34.9 Å². The molecule has 6 heteroatoms. The minimum atomic E-state index is -0.407. The summed E-state index contributed by atoms with van der Waals surface area (Å²) in [4.78, 5) is 15.6. The van der Waals surface area contributed by atoms with Crippen LogP contribution in [0, 0.1) is 0 Å². The number of methoxy groups -OCH3 is 2. The molecule has 1 fully saturated rings. The molecule has 2 amide bonds. The van der Waals surface area contributed by atoms with E-state index >= 15 is 0 Å². The molecule has 19 heavy (non-hydrogen) atoms. The van der Waals surface area contributed by atoms with E-state index in [9.17, 15) is 9.90 Å². The quantitative estimate of drug-likeness (QED) is 0.756. The summed E-state index contributed by atoms with van der Waals surface area (Å²) >= 11 is 0. The van der Waals surface area contributed by atoms with Crippen LogP contribution < -0.4 is 0 Å². The van der Waals surface area contributed by atoms with Crippen LogP contribution in [0.5, 0.6) is 0 Å². The third-order valence-corrected chi connectivity index (χ3v) is 3.79. The molecule has 1 rings (SSSR count). The smallest absolute Gasteiger partial charge is 0.319 e. The maximum atomic E-state index is 12.3. The van der Waals surface area contributed by atoms with E-state index in [1.165, 1.54) is 0 Å². The van der Waals surface area contributed by atoms with Crippen LogP contribution in [-0.2, 0) is 9.47 Å². The number of ether oxygens (including phenoxy) is 2. The standard InChI is InChI=1S/C13H26N2O4/c1-14(9-12(18-3)19-4)13(17)15(2)10-5-7-11(16)8-6-10/h10-12,16H,5-9H2,1-4H3. The molecule has 0 unspecified atom stereocenters. The number of carbonyl (C=O) groups is 1. The van der Waals surface area contributed by atoms with E-state index in [-0.39, 0.29) is 18.2 Å². The van der Waals surface area contributed by atoms with E-state index in [0.29, 0.717) is 6.54 Å². The molecule has 0 atom stereocenters. The molecular formula is C13H26N2O4. The molecule has 1 aliphatic carbocycles. The second kappa shape index (κ2) is 7.67. The summed E-state index contributed by atoms with van der Waals surface area (Å²) in [5, 5.41) is 9.49. The first-order valence-electron chi connectivity index (χ1n) is 6.71. The molecule has 0 aromatic rings. The maximum absolute atomic E-state index is 12.3. The van der Waals surface area contributed by atoms with Gasteiger partial charge in [0, 0.05) is 34.4 Å². The lowest BCUT2D eigenvalue weighted by atomic mass is 9.92. The van der Waals surface area contributed by atoms with Gasteiger partial charge in [0.25, 0.3) is 0 Å². The molecule has 1 aliphatic rings. The number of likely N-dealkylation sites (N-methyl/N-ethyl adjacent to an activating group) is 1. The predicted molar refractivity (Wildman–Crippen MR) is 71.9 cm³/mol. The van der Waals surface area contributed by atoms with E-state index in [0.717, 1.165) is 25.7 Å². The zero-order valence-electron chi connectivity index (χ0n) is 12.3. The monoisotopic (exact) mass is 274 g/mol. The number of aliphatic hydroxyl groups is 1. The van der Waals surface area contributed by atoms with Crippen LogP contribution in [0.4, 0.5) is 4.79 Å². The lowest BCUT2D eigenvalue weighted by Gasteiger charge is -2.35. The lowest BCUT2D eigenvalue weighted by molar-refractivity contribution is -0.110. The Kier molecular flexibility index (Phi) is 6.54. The van der Waals surface area contributed by atoms with Crippen molar-refractivity contribution in [3.8, 4) is 0 Å². The van der Waals surface area contributed by atoms with Crippen molar-refractivity contribution < 1.29 is 19.4 Å². The highest BCUT2D eigenvalue weighted by Crippen LogP contribution is 2.22. The van der Waals surface area contributed by atoms with E-state index in [1.807, 2.05) is 7.05 Å². The van der Waals surface area contributed by atoms with Gasteiger partial charge in [-0.15, -0.1) is 0 Å². The lowest BCUT2D eigenvalue weighted by Crippen LogP contribution is -2.48. The average Bonchev–Trinajstić information content (AvgIpc) is 2.43. The van der Waals surface area contributed by atoms with Crippen molar-refractivity contribution in [1.82, 2.24) is 9.80 Å². The molecule has 0 aromatic heterocycles. The Morgan fingerprint density at radius 2 is 1.74 bits per heavy atom. The number of carbonyl (C=O) groups excluding carboxylic acids is 1. The van der Waals surface area contributed by atoms with Gasteiger partial charge >= 0.3 is 6.03 Å². The van der Waals surface area contributed by atoms with Gasteiger partial charge < -0.3 is 24.4 Å². The fraction of sp³-hybridized carbons (Fsp3) is 0.923. The summed E-state index contributed by atoms with van der Waals surface area (Å²) in [6.07, 6.45) is 2.64. The van der Waals surface area contributed by atoms with Crippen molar-refractivity contribution in [1.29, 1.82) is 0 Å². The van der Waals surface area contributed by atoms with Crippen molar-refractivity contribution >= 4 is 6.03 Å². The molecule has 1 N–H and O–H groups in total. The fourth-order valence-electron chi connectivity index (χ4n) is 2.42. The molecule has 0 saturated heterocycles. The number of rotatable bonds is 5. The minimum absolute atomic E-state index is 0.0412. The molecule has 0 aromatic carbocycles. The van der Waals surface area contributed by atoms with Crippen LogP contribution in [0.25, 0.3) is 0 Å². The molecule has 6 nitrogen and oxygen atoms in total. The summed E-state index contributed by atoms with van der Waals surface area (Å²) < 4.78 is 10.2. The summed E-state index contributed by atoms with van der Waals surface area (Å²) in [6, 6.07) is 0.169. The number of nitrogens with zero attached hydrogens (tertiary/aromatic N) is 2. The van der Waals surface area contributed by atoms with Gasteiger partial charge in [0.15, 0.2) is 6.29 Å². The maximum Gasteiger partial charge on any atom is 0.319 e. The Morgan fingerprint density at radius 1 is 1.21 bits per heavy atom. The molecule has 0 spiro atoms. The molecular weight excluding hydrogens is 248 g/mol. The normalized spacial score (nSPS) is 23.5. The first-order valence-corrected chi connectivity index (χ1v) is 6.71. The Bertz CT molecular complexity index is 276. The first-order chi connectivity index (χ1) is 8.99. The van der Waals surface area contributed by atoms with E-state index in [4.69, 9.17) is 9.47 Å². The summed E-state index contributed by atoms with van der Waals surface area (Å²) in [5.74, 6) is 0. The van der Waals surface area contributed by atoms with Gasteiger partial charge in [-0.05, 0) is 25.7 Å². The van der Waals surface area contributed by atoms with Gasteiger partial charge in [0.1, 0.15) is 0 Å².